The molecule has 0 fully saturated rings. The fraction of sp³-hybridized carbons (Fsp3) is 1.00. The van der Waals surface area contributed by atoms with Crippen LogP contribution in [0.4, 0.5) is 0 Å². The van der Waals surface area contributed by atoms with E-state index in [2.05, 4.69) is 20.8 Å². The van der Waals surface area contributed by atoms with Crippen LogP contribution in [0.15, 0.2) is 0 Å². The first-order chi connectivity index (χ1) is 8.85. The standard InChI is InChI=1S/C15H32O3S/c1-5-8-11-14(4)15(12-9-6-2,13-10-7-3)19(16,17)18/h14H,5-13H2,1-4H3,(H,16,17,18). The summed E-state index contributed by atoms with van der Waals surface area (Å²) in [6, 6.07) is 0. The molecule has 0 aliphatic carbocycles. The van der Waals surface area contributed by atoms with Crippen molar-refractivity contribution in [2.75, 3.05) is 0 Å². The highest BCUT2D eigenvalue weighted by molar-refractivity contribution is 7.87. The van der Waals surface area contributed by atoms with Gasteiger partial charge in [-0.15, -0.1) is 0 Å². The van der Waals surface area contributed by atoms with Gasteiger partial charge in [0.25, 0.3) is 10.1 Å². The van der Waals surface area contributed by atoms with E-state index in [1.165, 1.54) is 0 Å². The van der Waals surface area contributed by atoms with E-state index in [4.69, 9.17) is 0 Å². The van der Waals surface area contributed by atoms with Gasteiger partial charge in [-0.05, 0) is 25.2 Å². The van der Waals surface area contributed by atoms with E-state index < -0.39 is 14.9 Å². The SMILES string of the molecule is CCCCC(C)C(CCCC)(CCCC)S(=O)(=O)O. The molecule has 19 heavy (non-hydrogen) atoms. The molecule has 3 nitrogen and oxygen atoms in total. The monoisotopic (exact) mass is 292 g/mol. The summed E-state index contributed by atoms with van der Waals surface area (Å²) < 4.78 is 33.0. The summed E-state index contributed by atoms with van der Waals surface area (Å²) in [6.07, 6.45) is 7.79. The molecule has 1 unspecified atom stereocenters. The zero-order valence-corrected chi connectivity index (χ0v) is 13.9. The van der Waals surface area contributed by atoms with Crippen LogP contribution in [0.5, 0.6) is 0 Å². The van der Waals surface area contributed by atoms with E-state index >= 15 is 0 Å². The van der Waals surface area contributed by atoms with Gasteiger partial charge in [-0.3, -0.25) is 4.55 Å². The summed E-state index contributed by atoms with van der Waals surface area (Å²) >= 11 is 0. The van der Waals surface area contributed by atoms with Crippen molar-refractivity contribution in [3.8, 4) is 0 Å². The first kappa shape index (κ1) is 18.9. The number of rotatable bonds is 11. The molecule has 1 atom stereocenters. The van der Waals surface area contributed by atoms with Gasteiger partial charge >= 0.3 is 0 Å². The Morgan fingerprint density at radius 2 is 1.37 bits per heavy atom. The van der Waals surface area contributed by atoms with Gasteiger partial charge < -0.3 is 0 Å². The van der Waals surface area contributed by atoms with Crippen molar-refractivity contribution in [3.63, 3.8) is 0 Å². The van der Waals surface area contributed by atoms with Crippen LogP contribution in [0.3, 0.4) is 0 Å². The third-order valence-corrected chi connectivity index (χ3v) is 6.15. The van der Waals surface area contributed by atoms with Crippen LogP contribution in [0.25, 0.3) is 0 Å². The molecule has 0 aliphatic heterocycles. The lowest BCUT2D eigenvalue weighted by Gasteiger charge is -2.36. The van der Waals surface area contributed by atoms with Gasteiger partial charge in [0.05, 0.1) is 4.75 Å². The van der Waals surface area contributed by atoms with E-state index in [-0.39, 0.29) is 5.92 Å². The van der Waals surface area contributed by atoms with Crippen LogP contribution in [0.2, 0.25) is 0 Å². The van der Waals surface area contributed by atoms with E-state index in [1.807, 2.05) is 6.92 Å². The van der Waals surface area contributed by atoms with Crippen molar-refractivity contribution in [1.82, 2.24) is 0 Å². The molecule has 0 heterocycles. The molecule has 0 aromatic rings. The molecule has 0 amide bonds. The maximum atomic E-state index is 12.0. The molecule has 0 saturated carbocycles. The Bertz CT molecular complexity index is 314. The molecule has 0 bridgehead atoms. The number of unbranched alkanes of at least 4 members (excludes halogenated alkanes) is 3. The van der Waals surface area contributed by atoms with Gasteiger partial charge in [0, 0.05) is 0 Å². The Labute approximate surface area is 119 Å². The highest BCUT2D eigenvalue weighted by atomic mass is 32.2. The molecule has 1 N–H and O–H groups in total. The maximum Gasteiger partial charge on any atom is 0.270 e. The predicted molar refractivity (Wildman–Crippen MR) is 82.0 cm³/mol. The van der Waals surface area contributed by atoms with E-state index in [9.17, 15) is 13.0 Å². The Morgan fingerprint density at radius 1 is 0.947 bits per heavy atom. The van der Waals surface area contributed by atoms with Crippen LogP contribution in [-0.4, -0.2) is 17.7 Å². The Balaban J connectivity index is 5.21. The fourth-order valence-electron chi connectivity index (χ4n) is 2.86. The fourth-order valence-corrected chi connectivity index (χ4v) is 4.29. The van der Waals surface area contributed by atoms with Crippen molar-refractivity contribution in [2.24, 2.45) is 5.92 Å². The minimum atomic E-state index is -4.00. The molecule has 116 valence electrons. The quantitative estimate of drug-likeness (QED) is 0.555. The van der Waals surface area contributed by atoms with Crippen molar-refractivity contribution in [2.45, 2.75) is 90.2 Å². The third kappa shape index (κ3) is 5.42. The van der Waals surface area contributed by atoms with Crippen LogP contribution in [0, 0.1) is 5.92 Å². The first-order valence-corrected chi connectivity index (χ1v) is 9.26. The second-order valence-corrected chi connectivity index (χ2v) is 7.55. The summed E-state index contributed by atoms with van der Waals surface area (Å²) in [7, 11) is -4.00. The lowest BCUT2D eigenvalue weighted by Crippen LogP contribution is -2.44. The minimum Gasteiger partial charge on any atom is -0.285 e. The van der Waals surface area contributed by atoms with Gasteiger partial charge in [0.1, 0.15) is 0 Å². The Kier molecular flexibility index (Phi) is 8.92. The van der Waals surface area contributed by atoms with Crippen LogP contribution >= 0.6 is 0 Å². The van der Waals surface area contributed by atoms with Crippen LogP contribution < -0.4 is 0 Å². The van der Waals surface area contributed by atoms with Gasteiger partial charge in [-0.2, -0.15) is 8.42 Å². The molecule has 0 spiro atoms. The van der Waals surface area contributed by atoms with Crippen molar-refractivity contribution in [3.05, 3.63) is 0 Å². The summed E-state index contributed by atoms with van der Waals surface area (Å²) in [5.74, 6) is 0.0283. The average Bonchev–Trinajstić information content (AvgIpc) is 2.35. The smallest absolute Gasteiger partial charge is 0.270 e. The second-order valence-electron chi connectivity index (χ2n) is 5.79. The third-order valence-electron chi connectivity index (χ3n) is 4.31. The molecule has 4 heteroatoms. The summed E-state index contributed by atoms with van der Waals surface area (Å²) in [5.41, 5.74) is 0. The zero-order valence-electron chi connectivity index (χ0n) is 13.1. The summed E-state index contributed by atoms with van der Waals surface area (Å²) in [5, 5.41) is 0. The molecule has 0 rings (SSSR count). The Morgan fingerprint density at radius 3 is 1.68 bits per heavy atom. The first-order valence-electron chi connectivity index (χ1n) is 7.82. The van der Waals surface area contributed by atoms with Crippen molar-refractivity contribution < 1.29 is 13.0 Å². The summed E-state index contributed by atoms with van der Waals surface area (Å²) in [4.78, 5) is 0. The lowest BCUT2D eigenvalue weighted by atomic mass is 9.81. The van der Waals surface area contributed by atoms with Gasteiger partial charge in [0.15, 0.2) is 0 Å². The molecule has 0 radical (unpaired) electrons. The molecular weight excluding hydrogens is 260 g/mol. The largest absolute Gasteiger partial charge is 0.285 e. The predicted octanol–water partition coefficient (Wildman–Crippen LogP) is 4.82. The van der Waals surface area contributed by atoms with E-state index in [1.54, 1.807) is 0 Å². The average molecular weight is 292 g/mol. The second kappa shape index (κ2) is 8.96. The van der Waals surface area contributed by atoms with Gasteiger partial charge in [-0.1, -0.05) is 66.2 Å². The van der Waals surface area contributed by atoms with Crippen molar-refractivity contribution in [1.29, 1.82) is 0 Å². The highest BCUT2D eigenvalue weighted by Crippen LogP contribution is 2.39. The molecule has 0 aromatic heterocycles. The van der Waals surface area contributed by atoms with Gasteiger partial charge in [-0.25, -0.2) is 0 Å². The van der Waals surface area contributed by atoms with Gasteiger partial charge in [0.2, 0.25) is 0 Å². The summed E-state index contributed by atoms with van der Waals surface area (Å²) in [6.45, 7) is 8.23. The molecule has 0 aromatic carbocycles. The minimum absolute atomic E-state index is 0.0283. The zero-order chi connectivity index (χ0) is 14.9. The molecule has 0 aliphatic rings. The molecular formula is C15H32O3S. The topological polar surface area (TPSA) is 54.4 Å². The highest BCUT2D eigenvalue weighted by Gasteiger charge is 2.45. The normalized spacial score (nSPS) is 14.6. The van der Waals surface area contributed by atoms with E-state index in [0.717, 1.165) is 44.9 Å². The number of hydrogen-bond donors (Lipinski definition) is 1. The maximum absolute atomic E-state index is 12.0. The van der Waals surface area contributed by atoms with E-state index in [0.29, 0.717) is 12.8 Å². The van der Waals surface area contributed by atoms with Crippen LogP contribution in [-0.2, 0) is 10.1 Å². The molecule has 0 saturated heterocycles. The van der Waals surface area contributed by atoms with Crippen molar-refractivity contribution >= 4 is 10.1 Å². The Hall–Kier alpha value is -0.0900. The lowest BCUT2D eigenvalue weighted by molar-refractivity contribution is 0.278. The van der Waals surface area contributed by atoms with Crippen LogP contribution in [0.1, 0.15) is 85.5 Å². The number of hydrogen-bond acceptors (Lipinski definition) is 2.